The lowest BCUT2D eigenvalue weighted by Gasteiger charge is -2.23. The van der Waals surface area contributed by atoms with Crippen LogP contribution in [-0.4, -0.2) is 34.2 Å². The number of hydrogen-bond donors (Lipinski definition) is 1. The molecule has 2 aromatic heterocycles. The number of aryl methyl sites for hydroxylation is 1. The van der Waals surface area contributed by atoms with Gasteiger partial charge >= 0.3 is 5.97 Å². The van der Waals surface area contributed by atoms with Gasteiger partial charge in [0.1, 0.15) is 0 Å². The monoisotopic (exact) mass is 408 g/mol. The molecule has 30 heavy (non-hydrogen) atoms. The van der Waals surface area contributed by atoms with Gasteiger partial charge in [-0.25, -0.2) is 9.78 Å². The number of pyridine rings is 1. The minimum Gasteiger partial charge on any atom is -0.489 e. The molecule has 0 bridgehead atoms. The van der Waals surface area contributed by atoms with Crippen LogP contribution in [0.25, 0.3) is 0 Å². The Balaban J connectivity index is 2.14. The van der Waals surface area contributed by atoms with Crippen LogP contribution in [0.1, 0.15) is 40.3 Å². The van der Waals surface area contributed by atoms with E-state index in [0.717, 1.165) is 16.8 Å². The topological polar surface area (TPSA) is 95.3 Å². The summed E-state index contributed by atoms with van der Waals surface area (Å²) in [6, 6.07) is 13.1. The quantitative estimate of drug-likeness (QED) is 0.601. The molecule has 1 unspecified atom stereocenters. The van der Waals surface area contributed by atoms with E-state index in [2.05, 4.69) is 15.3 Å². The number of esters is 1. The molecule has 0 amide bonds. The first-order valence-electron chi connectivity index (χ1n) is 9.53. The van der Waals surface area contributed by atoms with Gasteiger partial charge in [0.25, 0.3) is 5.56 Å². The van der Waals surface area contributed by atoms with Crippen LogP contribution in [-0.2, 0) is 11.8 Å². The van der Waals surface area contributed by atoms with E-state index in [0.29, 0.717) is 0 Å². The lowest BCUT2D eigenvalue weighted by molar-refractivity contribution is 0.0514. The molecule has 8 nitrogen and oxygen atoms in total. The molecule has 1 N–H and O–H groups in total. The Bertz CT molecular complexity index is 1100. The van der Waals surface area contributed by atoms with Crippen LogP contribution in [0.5, 0.6) is 5.75 Å². The van der Waals surface area contributed by atoms with Crippen LogP contribution in [0.2, 0.25) is 0 Å². The molecule has 0 radical (unpaired) electrons. The molecule has 0 aliphatic rings. The number of ether oxygens (including phenoxy) is 2. The maximum absolute atomic E-state index is 12.8. The number of carbonyl (C=O) groups excluding carboxylic acids is 1. The maximum Gasteiger partial charge on any atom is 0.361 e. The van der Waals surface area contributed by atoms with Gasteiger partial charge in [0.05, 0.1) is 25.5 Å². The highest BCUT2D eigenvalue weighted by atomic mass is 16.5. The second-order valence-corrected chi connectivity index (χ2v) is 6.60. The van der Waals surface area contributed by atoms with Gasteiger partial charge in [-0.3, -0.25) is 14.3 Å². The maximum atomic E-state index is 12.8. The zero-order chi connectivity index (χ0) is 21.7. The summed E-state index contributed by atoms with van der Waals surface area (Å²) in [5.41, 5.74) is 2.02. The van der Waals surface area contributed by atoms with Crippen LogP contribution < -0.4 is 15.6 Å². The minimum atomic E-state index is -0.722. The van der Waals surface area contributed by atoms with Crippen LogP contribution in [0, 0.1) is 6.92 Å². The Hall–Kier alpha value is -3.68. The Morgan fingerprint density at radius 3 is 2.57 bits per heavy atom. The second kappa shape index (κ2) is 9.21. The Morgan fingerprint density at radius 1 is 1.20 bits per heavy atom. The summed E-state index contributed by atoms with van der Waals surface area (Å²) in [7, 11) is 2.88. The fraction of sp³-hybridized carbons (Fsp3) is 0.273. The van der Waals surface area contributed by atoms with Gasteiger partial charge in [0.15, 0.2) is 5.69 Å². The van der Waals surface area contributed by atoms with Crippen LogP contribution in [0.3, 0.4) is 0 Å². The van der Waals surface area contributed by atoms with Gasteiger partial charge in [-0.15, -0.1) is 0 Å². The average molecular weight is 408 g/mol. The van der Waals surface area contributed by atoms with Crippen molar-refractivity contribution in [2.75, 3.05) is 19.0 Å². The first-order valence-corrected chi connectivity index (χ1v) is 9.53. The summed E-state index contributed by atoms with van der Waals surface area (Å²) >= 11 is 0. The van der Waals surface area contributed by atoms with Crippen LogP contribution >= 0.6 is 0 Å². The number of benzene rings is 1. The summed E-state index contributed by atoms with van der Waals surface area (Å²) in [6.45, 7) is 3.80. The van der Waals surface area contributed by atoms with Crippen molar-refractivity contribution in [3.05, 3.63) is 81.5 Å². The molecule has 1 aromatic carbocycles. The molecule has 1 atom stereocenters. The van der Waals surface area contributed by atoms with Crippen molar-refractivity contribution < 1.29 is 14.3 Å². The molecule has 8 heteroatoms. The molecule has 3 rings (SSSR count). The van der Waals surface area contributed by atoms with Gasteiger partial charge in [0, 0.05) is 13.2 Å². The van der Waals surface area contributed by atoms with E-state index >= 15 is 0 Å². The predicted octanol–water partition coefficient (Wildman–Crippen LogP) is 2.87. The molecule has 0 fully saturated rings. The normalized spacial score (nSPS) is 11.6. The van der Waals surface area contributed by atoms with Crippen molar-refractivity contribution in [2.24, 2.45) is 7.05 Å². The third-order valence-electron chi connectivity index (χ3n) is 4.65. The number of carbonyl (C=O) groups is 1. The number of aromatic nitrogens is 3. The first kappa shape index (κ1) is 21.0. The number of nitrogens with zero attached hydrogens (tertiary/aromatic N) is 3. The van der Waals surface area contributed by atoms with Crippen LogP contribution in [0.4, 0.5) is 5.95 Å². The smallest absolute Gasteiger partial charge is 0.361 e. The van der Waals surface area contributed by atoms with Crippen molar-refractivity contribution in [1.82, 2.24) is 14.5 Å². The molecule has 0 aliphatic carbocycles. The van der Waals surface area contributed by atoms with Crippen molar-refractivity contribution in [3.8, 4) is 5.75 Å². The summed E-state index contributed by atoms with van der Waals surface area (Å²) in [4.78, 5) is 34.1. The van der Waals surface area contributed by atoms with Crippen LogP contribution in [0.15, 0.2) is 53.5 Å². The molecule has 156 valence electrons. The lowest BCUT2D eigenvalue weighted by Crippen LogP contribution is -2.29. The fourth-order valence-corrected chi connectivity index (χ4v) is 3.12. The minimum absolute atomic E-state index is 0.154. The highest BCUT2D eigenvalue weighted by Crippen LogP contribution is 2.27. The highest BCUT2D eigenvalue weighted by molar-refractivity contribution is 5.90. The number of nitrogens with one attached hydrogen (secondary N) is 1. The van der Waals surface area contributed by atoms with Gasteiger partial charge in [-0.1, -0.05) is 36.4 Å². The zero-order valence-corrected chi connectivity index (χ0v) is 17.4. The molecular weight excluding hydrogens is 384 g/mol. The van der Waals surface area contributed by atoms with E-state index in [1.807, 2.05) is 49.4 Å². The molecule has 0 saturated heterocycles. The van der Waals surface area contributed by atoms with E-state index in [4.69, 9.17) is 9.47 Å². The SMILES string of the molecule is CCOC(=O)c1nc(NC(c2ccccc2)c2ncccc2C)n(C)c(=O)c1OC. The Kier molecular flexibility index (Phi) is 6.46. The Morgan fingerprint density at radius 2 is 1.93 bits per heavy atom. The molecular formula is C22H24N4O4. The molecule has 0 aliphatic heterocycles. The zero-order valence-electron chi connectivity index (χ0n) is 17.4. The first-order chi connectivity index (χ1) is 14.5. The lowest BCUT2D eigenvalue weighted by atomic mass is 10.00. The Labute approximate surface area is 174 Å². The molecule has 2 heterocycles. The number of rotatable bonds is 7. The largest absolute Gasteiger partial charge is 0.489 e. The summed E-state index contributed by atoms with van der Waals surface area (Å²) < 4.78 is 11.5. The summed E-state index contributed by atoms with van der Waals surface area (Å²) in [5, 5.41) is 3.28. The fourth-order valence-electron chi connectivity index (χ4n) is 3.12. The third kappa shape index (κ3) is 4.17. The van der Waals surface area contributed by atoms with Crippen molar-refractivity contribution >= 4 is 11.9 Å². The summed E-state index contributed by atoms with van der Waals surface area (Å²) in [5.74, 6) is -0.685. The molecule has 0 spiro atoms. The molecule has 3 aromatic rings. The van der Waals surface area contributed by atoms with Gasteiger partial charge in [-0.2, -0.15) is 0 Å². The standard InChI is InChI=1S/C22H24N4O4/c1-5-30-21(28)18-19(29-4)20(27)26(3)22(25-18)24-17(15-11-7-6-8-12-15)16-14(2)10-9-13-23-16/h6-13,17H,5H2,1-4H3,(H,24,25). The summed E-state index contributed by atoms with van der Waals surface area (Å²) in [6.07, 6.45) is 1.71. The van der Waals surface area contributed by atoms with E-state index in [1.54, 1.807) is 20.2 Å². The number of hydrogen-bond acceptors (Lipinski definition) is 7. The van der Waals surface area contributed by atoms with E-state index in [1.165, 1.54) is 11.7 Å². The van der Waals surface area contributed by atoms with Crippen molar-refractivity contribution in [2.45, 2.75) is 19.9 Å². The molecule has 0 saturated carbocycles. The van der Waals surface area contributed by atoms with E-state index in [9.17, 15) is 9.59 Å². The third-order valence-corrected chi connectivity index (χ3v) is 4.65. The predicted molar refractivity (Wildman–Crippen MR) is 113 cm³/mol. The average Bonchev–Trinajstić information content (AvgIpc) is 2.76. The van der Waals surface area contributed by atoms with Crippen molar-refractivity contribution in [3.63, 3.8) is 0 Å². The van der Waals surface area contributed by atoms with Gasteiger partial charge in [0.2, 0.25) is 11.7 Å². The number of methoxy groups -OCH3 is 1. The van der Waals surface area contributed by atoms with Gasteiger partial charge in [-0.05, 0) is 31.0 Å². The highest BCUT2D eigenvalue weighted by Gasteiger charge is 2.25. The number of anilines is 1. The second-order valence-electron chi connectivity index (χ2n) is 6.60. The van der Waals surface area contributed by atoms with E-state index < -0.39 is 17.6 Å². The van der Waals surface area contributed by atoms with Gasteiger partial charge < -0.3 is 14.8 Å². The van der Waals surface area contributed by atoms with Crippen molar-refractivity contribution in [1.29, 1.82) is 0 Å². The van der Waals surface area contributed by atoms with E-state index in [-0.39, 0.29) is 24.0 Å².